The molecule has 0 radical (unpaired) electrons. The van der Waals surface area contributed by atoms with E-state index < -0.39 is 0 Å². The van der Waals surface area contributed by atoms with Crippen molar-refractivity contribution >= 4 is 23.2 Å². The largest absolute Gasteiger partial charge is 0.326 e. The van der Waals surface area contributed by atoms with Gasteiger partial charge in [-0.1, -0.05) is 95.4 Å². The summed E-state index contributed by atoms with van der Waals surface area (Å²) in [5.74, 6) is -0.0453. The Morgan fingerprint density at radius 3 is 1.94 bits per heavy atom. The van der Waals surface area contributed by atoms with Gasteiger partial charge in [-0.2, -0.15) is 0 Å². The zero-order chi connectivity index (χ0) is 23.7. The molecule has 0 fully saturated rings. The van der Waals surface area contributed by atoms with Crippen molar-refractivity contribution in [2.75, 3.05) is 16.8 Å². The predicted octanol–water partition coefficient (Wildman–Crippen LogP) is 7.99. The number of hydrogen-bond acceptors (Lipinski definition) is 2. The lowest BCUT2D eigenvalue weighted by molar-refractivity contribution is -0.116. The highest BCUT2D eigenvalue weighted by atomic mass is 16.2. The molecule has 2 aromatic rings. The fourth-order valence-corrected chi connectivity index (χ4v) is 4.11. The van der Waals surface area contributed by atoms with E-state index in [-0.39, 0.29) is 11.8 Å². The van der Waals surface area contributed by atoms with Crippen LogP contribution in [0.4, 0.5) is 11.4 Å². The van der Waals surface area contributed by atoms with E-state index in [1.165, 1.54) is 57.8 Å². The normalized spacial score (nSPS) is 10.7. The Balaban J connectivity index is 1.69. The molecule has 0 spiro atoms. The molecule has 4 heteroatoms. The molecule has 0 saturated heterocycles. The molecular weight excluding hydrogens is 408 g/mol. The minimum absolute atomic E-state index is 0.0194. The second-order valence-electron chi connectivity index (χ2n) is 8.80. The predicted molar refractivity (Wildman–Crippen MR) is 140 cm³/mol. The summed E-state index contributed by atoms with van der Waals surface area (Å²) >= 11 is 0. The summed E-state index contributed by atoms with van der Waals surface area (Å²) in [4.78, 5) is 27.1. The van der Waals surface area contributed by atoms with E-state index in [4.69, 9.17) is 0 Å². The van der Waals surface area contributed by atoms with Crippen molar-refractivity contribution in [1.29, 1.82) is 0 Å². The summed E-state index contributed by atoms with van der Waals surface area (Å²) in [5, 5.41) is 2.96. The second kappa shape index (κ2) is 16.1. The minimum Gasteiger partial charge on any atom is -0.326 e. The molecule has 1 N–H and O–H groups in total. The summed E-state index contributed by atoms with van der Waals surface area (Å²) in [6, 6.07) is 16.9. The molecule has 2 rings (SSSR count). The first kappa shape index (κ1) is 26.6. The maximum absolute atomic E-state index is 13.0. The number of amides is 2. The highest BCUT2D eigenvalue weighted by Crippen LogP contribution is 2.19. The Labute approximate surface area is 200 Å². The van der Waals surface area contributed by atoms with Crippen LogP contribution in [-0.4, -0.2) is 18.4 Å². The molecule has 0 aliphatic carbocycles. The van der Waals surface area contributed by atoms with E-state index in [1.54, 1.807) is 17.0 Å². The van der Waals surface area contributed by atoms with Crippen molar-refractivity contribution in [3.63, 3.8) is 0 Å². The molecule has 33 heavy (non-hydrogen) atoms. The van der Waals surface area contributed by atoms with E-state index >= 15 is 0 Å². The molecule has 0 bridgehead atoms. The first-order valence-corrected chi connectivity index (χ1v) is 12.9. The van der Waals surface area contributed by atoms with Crippen LogP contribution < -0.4 is 10.2 Å². The Bertz CT molecular complexity index is 819. The summed E-state index contributed by atoms with van der Waals surface area (Å²) in [5.41, 5.74) is 2.13. The topological polar surface area (TPSA) is 49.4 Å². The fourth-order valence-electron chi connectivity index (χ4n) is 4.11. The van der Waals surface area contributed by atoms with Crippen molar-refractivity contribution in [3.8, 4) is 0 Å². The maximum Gasteiger partial charge on any atom is 0.258 e. The molecule has 0 aromatic heterocycles. The number of nitrogens with zero attached hydrogens (tertiary/aromatic N) is 1. The molecule has 180 valence electrons. The molecule has 0 aliphatic heterocycles. The van der Waals surface area contributed by atoms with Crippen LogP contribution in [0, 0.1) is 0 Å². The zero-order valence-electron chi connectivity index (χ0n) is 20.7. The van der Waals surface area contributed by atoms with Crippen LogP contribution in [0.25, 0.3) is 0 Å². The van der Waals surface area contributed by atoms with Crippen LogP contribution in [-0.2, 0) is 4.79 Å². The third kappa shape index (κ3) is 10.2. The summed E-state index contributed by atoms with van der Waals surface area (Å²) in [6.45, 7) is 4.80. The molecular formula is C29H42N2O2. The number of para-hydroxylation sites is 1. The van der Waals surface area contributed by atoms with Crippen LogP contribution in [0.3, 0.4) is 0 Å². The number of nitrogens with one attached hydrogen (secondary N) is 1. The summed E-state index contributed by atoms with van der Waals surface area (Å²) < 4.78 is 0. The van der Waals surface area contributed by atoms with Gasteiger partial charge in [0.25, 0.3) is 5.91 Å². The van der Waals surface area contributed by atoms with Gasteiger partial charge in [0.15, 0.2) is 0 Å². The Morgan fingerprint density at radius 2 is 1.33 bits per heavy atom. The van der Waals surface area contributed by atoms with E-state index in [2.05, 4.69) is 12.2 Å². The Kier molecular flexibility index (Phi) is 13.0. The molecule has 4 nitrogen and oxygen atoms in total. The third-order valence-corrected chi connectivity index (χ3v) is 6.03. The van der Waals surface area contributed by atoms with E-state index in [0.717, 1.165) is 18.5 Å². The standard InChI is InChI=1S/C29H42N2O2/c1-3-5-6-7-8-9-10-11-12-13-17-23-28(32)30-26-20-18-19-25(24-26)29(33)31(4-2)27-21-15-14-16-22-27/h14-16,18-22,24H,3-13,17,23H2,1-2H3,(H,30,32). The first-order valence-electron chi connectivity index (χ1n) is 12.9. The van der Waals surface area contributed by atoms with Gasteiger partial charge in [-0.3, -0.25) is 9.59 Å². The molecule has 0 saturated carbocycles. The molecule has 0 atom stereocenters. The molecule has 0 unspecified atom stereocenters. The Morgan fingerprint density at radius 1 is 0.727 bits per heavy atom. The van der Waals surface area contributed by atoms with E-state index in [9.17, 15) is 9.59 Å². The number of rotatable bonds is 16. The van der Waals surface area contributed by atoms with Crippen molar-refractivity contribution < 1.29 is 9.59 Å². The lowest BCUT2D eigenvalue weighted by atomic mass is 10.1. The van der Waals surface area contributed by atoms with Gasteiger partial charge in [0.05, 0.1) is 0 Å². The third-order valence-electron chi connectivity index (χ3n) is 6.03. The van der Waals surface area contributed by atoms with Gasteiger partial charge >= 0.3 is 0 Å². The minimum atomic E-state index is -0.0647. The Hall–Kier alpha value is -2.62. The van der Waals surface area contributed by atoms with Gasteiger partial charge in [0, 0.05) is 29.9 Å². The fraction of sp³-hybridized carbons (Fsp3) is 0.517. The van der Waals surface area contributed by atoms with Gasteiger partial charge in [0.2, 0.25) is 5.91 Å². The van der Waals surface area contributed by atoms with E-state index in [1.807, 2.05) is 49.4 Å². The second-order valence-corrected chi connectivity index (χ2v) is 8.80. The van der Waals surface area contributed by atoms with Crippen molar-refractivity contribution in [2.24, 2.45) is 0 Å². The summed E-state index contributed by atoms with van der Waals surface area (Å²) in [6.07, 6.45) is 14.5. The number of benzene rings is 2. The molecule has 0 heterocycles. The SMILES string of the molecule is CCCCCCCCCCCCCC(=O)Nc1cccc(C(=O)N(CC)c2ccccc2)c1. The highest BCUT2D eigenvalue weighted by Gasteiger charge is 2.16. The van der Waals surface area contributed by atoms with Gasteiger partial charge < -0.3 is 10.2 Å². The van der Waals surface area contributed by atoms with Crippen LogP contribution in [0.1, 0.15) is 101 Å². The molecule has 0 aliphatic rings. The average molecular weight is 451 g/mol. The van der Waals surface area contributed by atoms with Gasteiger partial charge in [-0.15, -0.1) is 0 Å². The smallest absolute Gasteiger partial charge is 0.258 e. The van der Waals surface area contributed by atoms with Crippen molar-refractivity contribution in [3.05, 3.63) is 60.2 Å². The number of hydrogen-bond donors (Lipinski definition) is 1. The van der Waals surface area contributed by atoms with Crippen molar-refractivity contribution in [1.82, 2.24) is 0 Å². The van der Waals surface area contributed by atoms with Gasteiger partial charge in [0.1, 0.15) is 0 Å². The lowest BCUT2D eigenvalue weighted by Gasteiger charge is -2.21. The van der Waals surface area contributed by atoms with Gasteiger partial charge in [-0.05, 0) is 43.7 Å². The summed E-state index contributed by atoms with van der Waals surface area (Å²) in [7, 11) is 0. The van der Waals surface area contributed by atoms with E-state index in [0.29, 0.717) is 24.2 Å². The van der Waals surface area contributed by atoms with Crippen LogP contribution in [0.5, 0.6) is 0 Å². The number of unbranched alkanes of at least 4 members (excludes halogenated alkanes) is 10. The first-order chi connectivity index (χ1) is 16.2. The van der Waals surface area contributed by atoms with Gasteiger partial charge in [-0.25, -0.2) is 0 Å². The number of anilines is 2. The van der Waals surface area contributed by atoms with Crippen LogP contribution >= 0.6 is 0 Å². The number of carbonyl (C=O) groups excluding carboxylic acids is 2. The highest BCUT2D eigenvalue weighted by molar-refractivity contribution is 6.07. The number of carbonyl (C=O) groups is 2. The molecule has 2 amide bonds. The average Bonchev–Trinajstić information content (AvgIpc) is 2.84. The maximum atomic E-state index is 13.0. The quantitative estimate of drug-likeness (QED) is 0.263. The monoisotopic (exact) mass is 450 g/mol. The van der Waals surface area contributed by atoms with Crippen LogP contribution in [0.15, 0.2) is 54.6 Å². The lowest BCUT2D eigenvalue weighted by Crippen LogP contribution is -2.30. The van der Waals surface area contributed by atoms with Crippen LogP contribution in [0.2, 0.25) is 0 Å². The molecule has 2 aromatic carbocycles. The van der Waals surface area contributed by atoms with Crippen molar-refractivity contribution in [2.45, 2.75) is 90.9 Å². The zero-order valence-corrected chi connectivity index (χ0v) is 20.7.